The smallest absolute Gasteiger partial charge is 0.319 e. The largest absolute Gasteiger partial charge is 0.396 e. The normalized spacial score (nSPS) is 11.9. The van der Waals surface area contributed by atoms with E-state index < -0.39 is 0 Å². The molecule has 1 aromatic rings. The van der Waals surface area contributed by atoms with Gasteiger partial charge in [0.15, 0.2) is 0 Å². The number of carbonyl (C=O) groups excluding carboxylic acids is 1. The minimum absolute atomic E-state index is 0.168. The van der Waals surface area contributed by atoms with Crippen LogP contribution in [0.5, 0.6) is 0 Å². The van der Waals surface area contributed by atoms with Gasteiger partial charge in [0, 0.05) is 18.8 Å². The van der Waals surface area contributed by atoms with Crippen molar-refractivity contribution in [1.29, 1.82) is 0 Å². The number of halogens is 1. The molecule has 0 fully saturated rings. The van der Waals surface area contributed by atoms with Gasteiger partial charge in [-0.1, -0.05) is 6.92 Å². The van der Waals surface area contributed by atoms with Crippen LogP contribution in [0.1, 0.15) is 19.8 Å². The molecular weight excluding hydrogens is 235 g/mol. The summed E-state index contributed by atoms with van der Waals surface area (Å²) < 4.78 is 12.6. The number of urea groups is 1. The molecule has 3 N–H and O–H groups in total. The van der Waals surface area contributed by atoms with Crippen molar-refractivity contribution in [2.75, 3.05) is 18.5 Å². The van der Waals surface area contributed by atoms with Crippen LogP contribution in [0.3, 0.4) is 0 Å². The van der Waals surface area contributed by atoms with E-state index in [-0.39, 0.29) is 24.4 Å². The van der Waals surface area contributed by atoms with Crippen LogP contribution in [0, 0.1) is 11.7 Å². The van der Waals surface area contributed by atoms with Gasteiger partial charge in [0.25, 0.3) is 0 Å². The van der Waals surface area contributed by atoms with Gasteiger partial charge in [-0.25, -0.2) is 9.18 Å². The SMILES string of the molecule is CC(CO)CCCNC(=O)Nc1ccc(F)cc1. The first kappa shape index (κ1) is 14.4. The van der Waals surface area contributed by atoms with Crippen molar-refractivity contribution in [2.45, 2.75) is 19.8 Å². The van der Waals surface area contributed by atoms with Gasteiger partial charge in [0.2, 0.25) is 0 Å². The highest BCUT2D eigenvalue weighted by molar-refractivity contribution is 5.89. The van der Waals surface area contributed by atoms with E-state index in [0.717, 1.165) is 12.8 Å². The molecule has 0 aliphatic rings. The topological polar surface area (TPSA) is 61.4 Å². The van der Waals surface area contributed by atoms with Crippen molar-refractivity contribution < 1.29 is 14.3 Å². The Morgan fingerprint density at radius 2 is 2.06 bits per heavy atom. The molecule has 1 aromatic carbocycles. The standard InChI is InChI=1S/C13H19FN2O2/c1-10(9-17)3-2-8-15-13(18)16-12-6-4-11(14)5-7-12/h4-7,10,17H,2-3,8-9H2,1H3,(H2,15,16,18). The summed E-state index contributed by atoms with van der Waals surface area (Å²) in [6.07, 6.45) is 1.69. The molecule has 5 heteroatoms. The Bertz CT molecular complexity index is 368. The van der Waals surface area contributed by atoms with Gasteiger partial charge in [-0.3, -0.25) is 0 Å². The lowest BCUT2D eigenvalue weighted by molar-refractivity contribution is 0.227. The monoisotopic (exact) mass is 254 g/mol. The summed E-state index contributed by atoms with van der Waals surface area (Å²) in [5.74, 6) is -0.0779. The Morgan fingerprint density at radius 3 is 2.67 bits per heavy atom. The lowest BCUT2D eigenvalue weighted by Crippen LogP contribution is -2.29. The molecule has 0 radical (unpaired) electrons. The average Bonchev–Trinajstić information content (AvgIpc) is 2.37. The van der Waals surface area contributed by atoms with E-state index in [2.05, 4.69) is 10.6 Å². The van der Waals surface area contributed by atoms with Crippen LogP contribution in [0.15, 0.2) is 24.3 Å². The highest BCUT2D eigenvalue weighted by Gasteiger charge is 2.02. The van der Waals surface area contributed by atoms with Crippen LogP contribution >= 0.6 is 0 Å². The predicted molar refractivity (Wildman–Crippen MR) is 68.9 cm³/mol. The molecule has 0 spiro atoms. The molecule has 1 rings (SSSR count). The van der Waals surface area contributed by atoms with Gasteiger partial charge in [-0.2, -0.15) is 0 Å². The van der Waals surface area contributed by atoms with Crippen molar-refractivity contribution in [3.8, 4) is 0 Å². The molecule has 1 atom stereocenters. The van der Waals surface area contributed by atoms with Crippen molar-refractivity contribution >= 4 is 11.7 Å². The molecule has 0 saturated heterocycles. The Labute approximate surface area is 106 Å². The molecule has 0 saturated carbocycles. The lowest BCUT2D eigenvalue weighted by atomic mass is 10.1. The molecule has 1 unspecified atom stereocenters. The fourth-order valence-corrected chi connectivity index (χ4v) is 1.45. The maximum atomic E-state index is 12.6. The third kappa shape index (κ3) is 5.63. The molecule has 0 heterocycles. The van der Waals surface area contributed by atoms with Crippen LogP contribution in [-0.2, 0) is 0 Å². The van der Waals surface area contributed by atoms with E-state index in [4.69, 9.17) is 5.11 Å². The number of amides is 2. The number of carbonyl (C=O) groups is 1. The summed E-state index contributed by atoms with van der Waals surface area (Å²) >= 11 is 0. The molecule has 0 aliphatic heterocycles. The number of hydrogen-bond acceptors (Lipinski definition) is 2. The number of aliphatic hydroxyl groups excluding tert-OH is 1. The van der Waals surface area contributed by atoms with Crippen molar-refractivity contribution in [3.05, 3.63) is 30.1 Å². The maximum Gasteiger partial charge on any atom is 0.319 e. The number of aliphatic hydroxyl groups is 1. The number of hydrogen-bond donors (Lipinski definition) is 3. The van der Waals surface area contributed by atoms with Crippen LogP contribution in [0.25, 0.3) is 0 Å². The first-order valence-electron chi connectivity index (χ1n) is 6.03. The summed E-state index contributed by atoms with van der Waals surface area (Å²) in [6, 6.07) is 5.28. The zero-order valence-corrected chi connectivity index (χ0v) is 10.4. The second-order valence-electron chi connectivity index (χ2n) is 4.32. The first-order valence-corrected chi connectivity index (χ1v) is 6.03. The molecule has 0 aromatic heterocycles. The molecule has 0 aliphatic carbocycles. The van der Waals surface area contributed by atoms with E-state index in [9.17, 15) is 9.18 Å². The Hall–Kier alpha value is -1.62. The van der Waals surface area contributed by atoms with E-state index in [1.165, 1.54) is 24.3 Å². The van der Waals surface area contributed by atoms with Crippen LogP contribution in [-0.4, -0.2) is 24.3 Å². The average molecular weight is 254 g/mol. The van der Waals surface area contributed by atoms with Crippen molar-refractivity contribution in [3.63, 3.8) is 0 Å². The predicted octanol–water partition coefficient (Wildman–Crippen LogP) is 2.36. The number of benzene rings is 1. The summed E-state index contributed by atoms with van der Waals surface area (Å²) in [5.41, 5.74) is 0.553. The second-order valence-corrected chi connectivity index (χ2v) is 4.32. The molecule has 100 valence electrons. The number of rotatable bonds is 6. The van der Waals surface area contributed by atoms with Gasteiger partial charge in [0.05, 0.1) is 0 Å². The van der Waals surface area contributed by atoms with Gasteiger partial charge >= 0.3 is 6.03 Å². The van der Waals surface area contributed by atoms with Crippen LogP contribution < -0.4 is 10.6 Å². The summed E-state index contributed by atoms with van der Waals surface area (Å²) in [5, 5.41) is 14.1. The van der Waals surface area contributed by atoms with E-state index in [0.29, 0.717) is 12.2 Å². The number of anilines is 1. The third-order valence-corrected chi connectivity index (χ3v) is 2.57. The van der Waals surface area contributed by atoms with E-state index in [1.54, 1.807) is 0 Å². The van der Waals surface area contributed by atoms with Gasteiger partial charge < -0.3 is 15.7 Å². The lowest BCUT2D eigenvalue weighted by Gasteiger charge is -2.09. The summed E-state index contributed by atoms with van der Waals surface area (Å²) in [4.78, 5) is 11.4. The van der Waals surface area contributed by atoms with E-state index in [1.807, 2.05) is 6.92 Å². The highest BCUT2D eigenvalue weighted by Crippen LogP contribution is 2.08. The number of nitrogens with one attached hydrogen (secondary N) is 2. The summed E-state index contributed by atoms with van der Waals surface area (Å²) in [7, 11) is 0. The highest BCUT2D eigenvalue weighted by atomic mass is 19.1. The maximum absolute atomic E-state index is 12.6. The first-order chi connectivity index (χ1) is 8.61. The minimum atomic E-state index is -0.334. The Morgan fingerprint density at radius 1 is 1.39 bits per heavy atom. The molecular formula is C13H19FN2O2. The molecule has 4 nitrogen and oxygen atoms in total. The fraction of sp³-hybridized carbons (Fsp3) is 0.462. The molecule has 0 bridgehead atoms. The van der Waals surface area contributed by atoms with Crippen LogP contribution in [0.2, 0.25) is 0 Å². The van der Waals surface area contributed by atoms with Gasteiger partial charge in [-0.05, 0) is 43.0 Å². The fourth-order valence-electron chi connectivity index (χ4n) is 1.45. The van der Waals surface area contributed by atoms with E-state index >= 15 is 0 Å². The zero-order valence-electron chi connectivity index (χ0n) is 10.4. The van der Waals surface area contributed by atoms with Gasteiger partial charge in [-0.15, -0.1) is 0 Å². The van der Waals surface area contributed by atoms with Crippen LogP contribution in [0.4, 0.5) is 14.9 Å². The Balaban J connectivity index is 2.19. The zero-order chi connectivity index (χ0) is 13.4. The van der Waals surface area contributed by atoms with Crippen molar-refractivity contribution in [1.82, 2.24) is 5.32 Å². The second kappa shape index (κ2) is 7.66. The molecule has 2 amide bonds. The van der Waals surface area contributed by atoms with Gasteiger partial charge in [0.1, 0.15) is 5.82 Å². The quantitative estimate of drug-likeness (QED) is 0.682. The van der Waals surface area contributed by atoms with Crippen molar-refractivity contribution in [2.24, 2.45) is 5.92 Å². The summed E-state index contributed by atoms with van der Waals surface area (Å²) in [6.45, 7) is 2.68. The Kier molecular flexibility index (Phi) is 6.14. The minimum Gasteiger partial charge on any atom is -0.396 e. The third-order valence-electron chi connectivity index (χ3n) is 2.57. The molecule has 18 heavy (non-hydrogen) atoms.